The molecule has 3 aliphatic rings. The minimum absolute atomic E-state index is 0.0294. The normalized spacial score (nSPS) is 20.4. The summed E-state index contributed by atoms with van der Waals surface area (Å²) in [6.45, 7) is 6.78. The van der Waals surface area contributed by atoms with E-state index in [9.17, 15) is 9.59 Å². The van der Waals surface area contributed by atoms with Crippen LogP contribution < -0.4 is 5.32 Å². The summed E-state index contributed by atoms with van der Waals surface area (Å²) in [5.74, 6) is 0.781. The predicted molar refractivity (Wildman–Crippen MR) is 154 cm³/mol. The Morgan fingerprint density at radius 3 is 2.80 bits per heavy atom. The van der Waals surface area contributed by atoms with Crippen molar-refractivity contribution in [3.8, 4) is 11.3 Å². The van der Waals surface area contributed by atoms with Crippen molar-refractivity contribution in [2.45, 2.75) is 58.3 Å². The van der Waals surface area contributed by atoms with Gasteiger partial charge in [-0.2, -0.15) is 0 Å². The minimum atomic E-state index is -0.145. The Labute approximate surface area is 239 Å². The third-order valence-corrected chi connectivity index (χ3v) is 8.48. The van der Waals surface area contributed by atoms with E-state index < -0.39 is 0 Å². The van der Waals surface area contributed by atoms with Crippen molar-refractivity contribution in [1.82, 2.24) is 19.8 Å². The van der Waals surface area contributed by atoms with E-state index in [1.165, 1.54) is 11.1 Å². The monoisotopic (exact) mass is 559 g/mol. The van der Waals surface area contributed by atoms with Gasteiger partial charge in [0.2, 0.25) is 11.9 Å². The van der Waals surface area contributed by atoms with E-state index >= 15 is 0 Å². The topological polar surface area (TPSA) is 87.7 Å². The molecule has 2 atom stereocenters. The Morgan fingerprint density at radius 1 is 1.15 bits per heavy atom. The number of carbonyl (C=O) groups is 2. The highest BCUT2D eigenvalue weighted by Gasteiger charge is 2.32. The van der Waals surface area contributed by atoms with Crippen LogP contribution in [0.2, 0.25) is 5.02 Å². The Balaban J connectivity index is 1.14. The summed E-state index contributed by atoms with van der Waals surface area (Å²) in [4.78, 5) is 39.1. The summed E-state index contributed by atoms with van der Waals surface area (Å²) in [5, 5.41) is 3.87. The van der Waals surface area contributed by atoms with Gasteiger partial charge in [0, 0.05) is 43.4 Å². The van der Waals surface area contributed by atoms with Crippen LogP contribution in [0.5, 0.6) is 0 Å². The van der Waals surface area contributed by atoms with E-state index in [1.54, 1.807) is 11.1 Å². The van der Waals surface area contributed by atoms with Crippen LogP contribution in [0.3, 0.4) is 0 Å². The number of benzene rings is 2. The lowest BCUT2D eigenvalue weighted by molar-refractivity contribution is -0.132. The smallest absolute Gasteiger partial charge is 0.254 e. The number of nitrogens with one attached hydrogen (secondary N) is 1. The van der Waals surface area contributed by atoms with E-state index in [0.717, 1.165) is 30.4 Å². The van der Waals surface area contributed by atoms with Crippen LogP contribution in [0.25, 0.3) is 11.3 Å². The molecule has 1 aromatic heterocycles. The number of amides is 2. The summed E-state index contributed by atoms with van der Waals surface area (Å²) in [6, 6.07) is 14.1. The number of rotatable bonds is 6. The number of hydrogen-bond donors (Lipinski definition) is 1. The fourth-order valence-corrected chi connectivity index (χ4v) is 6.05. The van der Waals surface area contributed by atoms with Crippen LogP contribution in [0.15, 0.2) is 48.7 Å². The van der Waals surface area contributed by atoms with Crippen molar-refractivity contribution >= 4 is 29.4 Å². The first-order chi connectivity index (χ1) is 19.4. The van der Waals surface area contributed by atoms with Crippen LogP contribution in [-0.4, -0.2) is 63.4 Å². The predicted octanol–water partition coefficient (Wildman–Crippen LogP) is 4.95. The van der Waals surface area contributed by atoms with E-state index in [4.69, 9.17) is 21.3 Å². The third-order valence-electron chi connectivity index (χ3n) is 8.21. The molecular weight excluding hydrogens is 526 g/mol. The molecule has 3 aliphatic heterocycles. The molecule has 1 N–H and O–H groups in total. The Hall–Kier alpha value is -3.49. The maximum atomic E-state index is 13.4. The van der Waals surface area contributed by atoms with Crippen molar-refractivity contribution < 1.29 is 14.3 Å². The molecule has 2 unspecified atom stereocenters. The number of hydrogen-bond acceptors (Lipinski definition) is 6. The van der Waals surface area contributed by atoms with Crippen LogP contribution in [-0.2, 0) is 29.0 Å². The molecule has 40 heavy (non-hydrogen) atoms. The van der Waals surface area contributed by atoms with Crippen LogP contribution >= 0.6 is 11.6 Å². The van der Waals surface area contributed by atoms with E-state index in [2.05, 4.69) is 36.3 Å². The Kier molecular flexibility index (Phi) is 7.47. The zero-order valence-corrected chi connectivity index (χ0v) is 23.7. The van der Waals surface area contributed by atoms with Gasteiger partial charge in [-0.05, 0) is 47.9 Å². The number of nitrogens with zero attached hydrogens (tertiary/aromatic N) is 4. The maximum Gasteiger partial charge on any atom is 0.254 e. The lowest BCUT2D eigenvalue weighted by Gasteiger charge is -2.32. The number of aromatic nitrogens is 2. The van der Waals surface area contributed by atoms with Gasteiger partial charge in [-0.1, -0.05) is 61.8 Å². The zero-order valence-electron chi connectivity index (χ0n) is 22.9. The lowest BCUT2D eigenvalue weighted by Crippen LogP contribution is -2.42. The highest BCUT2D eigenvalue weighted by atomic mass is 35.5. The summed E-state index contributed by atoms with van der Waals surface area (Å²) >= 11 is 6.53. The molecule has 0 bridgehead atoms. The molecule has 8 nitrogen and oxygen atoms in total. The van der Waals surface area contributed by atoms with Gasteiger partial charge < -0.3 is 19.9 Å². The van der Waals surface area contributed by atoms with Gasteiger partial charge >= 0.3 is 0 Å². The number of halogens is 1. The van der Waals surface area contributed by atoms with Gasteiger partial charge in [0.25, 0.3) is 5.91 Å². The molecule has 9 heteroatoms. The summed E-state index contributed by atoms with van der Waals surface area (Å²) in [7, 11) is 0. The lowest BCUT2D eigenvalue weighted by atomic mass is 9.95. The molecule has 208 valence electrons. The van der Waals surface area contributed by atoms with Gasteiger partial charge in [-0.3, -0.25) is 9.59 Å². The third kappa shape index (κ3) is 5.43. The second kappa shape index (κ2) is 11.2. The van der Waals surface area contributed by atoms with E-state index in [-0.39, 0.29) is 30.5 Å². The van der Waals surface area contributed by atoms with Gasteiger partial charge in [-0.15, -0.1) is 0 Å². The van der Waals surface area contributed by atoms with Crippen molar-refractivity contribution in [3.05, 3.63) is 75.9 Å². The van der Waals surface area contributed by atoms with E-state index in [1.807, 2.05) is 35.2 Å². The average Bonchev–Trinajstić information content (AvgIpc) is 3.28. The van der Waals surface area contributed by atoms with Crippen LogP contribution in [0, 0.1) is 5.92 Å². The highest BCUT2D eigenvalue weighted by molar-refractivity contribution is 6.33. The SMILES string of the molecule is CC(C)C1CC(Nc2ncc(Cl)c(-c3ccc4c(c3)C(=O)N(CC(=O)N3CCc5ccccc5C3)C4)n2)CCO1. The maximum absolute atomic E-state index is 13.4. The van der Waals surface area contributed by atoms with Gasteiger partial charge in [0.05, 0.1) is 23.0 Å². The quantitative estimate of drug-likeness (QED) is 0.460. The molecule has 4 heterocycles. The Bertz CT molecular complexity index is 1440. The van der Waals surface area contributed by atoms with Gasteiger partial charge in [-0.25, -0.2) is 9.97 Å². The number of anilines is 1. The summed E-state index contributed by atoms with van der Waals surface area (Å²) in [5.41, 5.74) is 5.27. The first-order valence-electron chi connectivity index (χ1n) is 14.0. The van der Waals surface area contributed by atoms with Crippen molar-refractivity contribution in [2.75, 3.05) is 25.0 Å². The number of fused-ring (bicyclic) bond motifs is 2. The first kappa shape index (κ1) is 26.7. The minimum Gasteiger partial charge on any atom is -0.378 e. The first-order valence-corrected chi connectivity index (χ1v) is 14.4. The van der Waals surface area contributed by atoms with Crippen LogP contribution in [0.1, 0.15) is 53.7 Å². The number of carbonyl (C=O) groups excluding carboxylic acids is 2. The molecule has 0 aliphatic carbocycles. The second-order valence-electron chi connectivity index (χ2n) is 11.3. The molecular formula is C31H34ClN5O3. The second-order valence-corrected chi connectivity index (χ2v) is 11.7. The van der Waals surface area contributed by atoms with Crippen molar-refractivity contribution in [2.24, 2.45) is 5.92 Å². The summed E-state index contributed by atoms with van der Waals surface area (Å²) < 4.78 is 5.89. The molecule has 2 amide bonds. The van der Waals surface area contributed by atoms with E-state index in [0.29, 0.717) is 54.4 Å². The molecule has 0 saturated carbocycles. The van der Waals surface area contributed by atoms with Gasteiger partial charge in [0.1, 0.15) is 6.54 Å². The molecule has 3 aromatic rings. The fourth-order valence-electron chi connectivity index (χ4n) is 5.85. The number of ether oxygens (including phenoxy) is 1. The fraction of sp³-hybridized carbons (Fsp3) is 0.419. The largest absolute Gasteiger partial charge is 0.378 e. The molecule has 6 rings (SSSR count). The highest BCUT2D eigenvalue weighted by Crippen LogP contribution is 2.32. The zero-order chi connectivity index (χ0) is 27.8. The molecule has 0 spiro atoms. The van der Waals surface area contributed by atoms with Crippen molar-refractivity contribution in [3.63, 3.8) is 0 Å². The molecule has 0 radical (unpaired) electrons. The standard InChI is InChI=1S/C31H34ClN5O3/c1-19(2)27-14-24(10-12-40-27)34-31-33-15-26(32)29(35-31)21-7-8-23-17-37(30(39)25(23)13-21)18-28(38)36-11-9-20-5-3-4-6-22(20)16-36/h3-8,13,15,19,24,27H,9-12,14,16-18H2,1-2H3,(H,33,34,35). The van der Waals surface area contributed by atoms with Gasteiger partial charge in [0.15, 0.2) is 0 Å². The molecule has 1 fully saturated rings. The summed E-state index contributed by atoms with van der Waals surface area (Å²) in [6.07, 6.45) is 4.42. The van der Waals surface area contributed by atoms with Crippen LogP contribution in [0.4, 0.5) is 5.95 Å². The molecule has 1 saturated heterocycles. The average molecular weight is 560 g/mol. The van der Waals surface area contributed by atoms with Crippen molar-refractivity contribution in [1.29, 1.82) is 0 Å². The Morgan fingerprint density at radius 2 is 1.98 bits per heavy atom. The molecule has 2 aromatic carbocycles.